The van der Waals surface area contributed by atoms with Crippen molar-refractivity contribution < 1.29 is 8.83 Å². The summed E-state index contributed by atoms with van der Waals surface area (Å²) >= 11 is 0. The summed E-state index contributed by atoms with van der Waals surface area (Å²) in [5.41, 5.74) is 6.05. The Labute approximate surface area is 263 Å². The number of aromatic nitrogens is 7. The molecule has 0 radical (unpaired) electrons. The van der Waals surface area contributed by atoms with Crippen LogP contribution in [0.2, 0.25) is 0 Å². The SMILES string of the molecule is C.C=C/C(=C\C(=C/C)c1nnc(C(/C=C\C=C(/C)c2ccccn2)=C/CC)o1)c1nnc(-c2cccc(-c3ccccn3)n2)o1. The number of hydrogen-bond acceptors (Lipinski definition) is 9. The first kappa shape index (κ1) is 32.1. The third-order valence-electron chi connectivity index (χ3n) is 6.44. The minimum atomic E-state index is 0. The van der Waals surface area contributed by atoms with Crippen LogP contribution in [0.3, 0.4) is 0 Å². The molecule has 5 aromatic heterocycles. The van der Waals surface area contributed by atoms with Crippen LogP contribution in [0.4, 0.5) is 0 Å². The van der Waals surface area contributed by atoms with E-state index in [1.54, 1.807) is 18.5 Å². The van der Waals surface area contributed by atoms with Gasteiger partial charge in [0.25, 0.3) is 5.89 Å². The summed E-state index contributed by atoms with van der Waals surface area (Å²) in [4.78, 5) is 13.4. The predicted molar refractivity (Wildman–Crippen MR) is 179 cm³/mol. The van der Waals surface area contributed by atoms with Gasteiger partial charge in [0.1, 0.15) is 5.69 Å². The first-order chi connectivity index (χ1) is 21.6. The molecule has 0 saturated heterocycles. The van der Waals surface area contributed by atoms with Crippen molar-refractivity contribution in [1.29, 1.82) is 0 Å². The molecule has 0 unspecified atom stereocenters. The lowest BCUT2D eigenvalue weighted by Gasteiger charge is -2.01. The molecule has 0 aliphatic rings. The smallest absolute Gasteiger partial charge is 0.266 e. The van der Waals surface area contributed by atoms with Crippen molar-refractivity contribution in [2.24, 2.45) is 0 Å². The highest BCUT2D eigenvalue weighted by atomic mass is 16.4. The maximum absolute atomic E-state index is 6.10. The largest absolute Gasteiger partial charge is 0.416 e. The van der Waals surface area contributed by atoms with E-state index in [-0.39, 0.29) is 19.2 Å². The van der Waals surface area contributed by atoms with Crippen molar-refractivity contribution in [1.82, 2.24) is 35.3 Å². The number of allylic oxidation sites excluding steroid dienone is 11. The highest BCUT2D eigenvalue weighted by molar-refractivity contribution is 5.83. The second-order valence-electron chi connectivity index (χ2n) is 9.49. The fourth-order valence-corrected chi connectivity index (χ4v) is 4.18. The molecule has 9 nitrogen and oxygen atoms in total. The van der Waals surface area contributed by atoms with E-state index in [1.807, 2.05) is 105 Å². The summed E-state index contributed by atoms with van der Waals surface area (Å²) in [5, 5.41) is 17.1. The van der Waals surface area contributed by atoms with Crippen LogP contribution in [0.25, 0.3) is 45.3 Å². The Balaban J connectivity index is 0.00000461. The molecule has 0 aliphatic carbocycles. The molecule has 0 amide bonds. The van der Waals surface area contributed by atoms with Crippen molar-refractivity contribution in [3.8, 4) is 23.0 Å². The monoisotopic (exact) mass is 597 g/mol. The van der Waals surface area contributed by atoms with Crippen LogP contribution in [-0.4, -0.2) is 35.3 Å². The van der Waals surface area contributed by atoms with Gasteiger partial charge in [0, 0.05) is 29.1 Å². The first-order valence-corrected chi connectivity index (χ1v) is 14.1. The number of nitrogens with zero attached hydrogens (tertiary/aromatic N) is 7. The summed E-state index contributed by atoms with van der Waals surface area (Å²) in [7, 11) is 0. The second kappa shape index (κ2) is 15.6. The highest BCUT2D eigenvalue weighted by Crippen LogP contribution is 2.27. The molecule has 9 heteroatoms. The quantitative estimate of drug-likeness (QED) is 0.138. The third-order valence-corrected chi connectivity index (χ3v) is 6.44. The summed E-state index contributed by atoms with van der Waals surface area (Å²) in [6.07, 6.45) is 17.6. The molecule has 0 spiro atoms. The molecule has 0 fully saturated rings. The number of hydrogen-bond donors (Lipinski definition) is 0. The van der Waals surface area contributed by atoms with Gasteiger partial charge in [-0.1, -0.05) is 69.5 Å². The lowest BCUT2D eigenvalue weighted by Crippen LogP contribution is -1.89. The van der Waals surface area contributed by atoms with E-state index in [4.69, 9.17) is 8.83 Å². The van der Waals surface area contributed by atoms with Crippen LogP contribution in [-0.2, 0) is 0 Å². The molecule has 226 valence electrons. The van der Waals surface area contributed by atoms with E-state index >= 15 is 0 Å². The van der Waals surface area contributed by atoms with Crippen molar-refractivity contribution >= 4 is 22.3 Å². The van der Waals surface area contributed by atoms with E-state index < -0.39 is 0 Å². The average molecular weight is 598 g/mol. The molecule has 45 heavy (non-hydrogen) atoms. The summed E-state index contributed by atoms with van der Waals surface area (Å²) < 4.78 is 12.1. The predicted octanol–water partition coefficient (Wildman–Crippen LogP) is 8.73. The van der Waals surface area contributed by atoms with Gasteiger partial charge >= 0.3 is 0 Å². The normalized spacial score (nSPS) is 12.8. The molecule has 0 aliphatic heterocycles. The molecule has 0 bridgehead atoms. The molecular formula is C36H35N7O2. The fourth-order valence-electron chi connectivity index (χ4n) is 4.18. The lowest BCUT2D eigenvalue weighted by molar-refractivity contribution is 0.526. The second-order valence-corrected chi connectivity index (χ2v) is 9.49. The fraction of sp³-hybridized carbons (Fsp3) is 0.139. The van der Waals surface area contributed by atoms with Gasteiger partial charge in [-0.3, -0.25) is 9.97 Å². The van der Waals surface area contributed by atoms with E-state index in [0.29, 0.717) is 34.3 Å². The Kier molecular flexibility index (Phi) is 11.1. The zero-order valence-corrected chi connectivity index (χ0v) is 24.8. The van der Waals surface area contributed by atoms with E-state index in [1.165, 1.54) is 0 Å². The summed E-state index contributed by atoms with van der Waals surface area (Å²) in [6.45, 7) is 9.90. The zero-order chi connectivity index (χ0) is 30.7. The molecule has 0 N–H and O–H groups in total. The Morgan fingerprint density at radius 3 is 2.16 bits per heavy atom. The van der Waals surface area contributed by atoms with Gasteiger partial charge in [-0.05, 0) is 74.4 Å². The summed E-state index contributed by atoms with van der Waals surface area (Å²) in [6, 6.07) is 17.1. The Hall–Kier alpha value is -5.83. The van der Waals surface area contributed by atoms with Crippen molar-refractivity contribution in [3.63, 3.8) is 0 Å². The molecule has 5 rings (SSSR count). The average Bonchev–Trinajstić information content (AvgIpc) is 3.77. The van der Waals surface area contributed by atoms with Crippen molar-refractivity contribution in [2.45, 2.75) is 34.6 Å². The topological polar surface area (TPSA) is 117 Å². The number of pyridine rings is 3. The Morgan fingerprint density at radius 1 is 0.778 bits per heavy atom. The molecule has 5 aromatic rings. The van der Waals surface area contributed by atoms with Crippen LogP contribution in [0.1, 0.15) is 58.0 Å². The Morgan fingerprint density at radius 2 is 1.47 bits per heavy atom. The van der Waals surface area contributed by atoms with E-state index in [9.17, 15) is 0 Å². The standard InChI is InChI=1S/C35H31N7O2.CH4/c1-5-14-27(16-12-15-24(4)28-17-8-10-21-36-28)34-41-39-32(43-34)25(6-2)23-26(7-3)33-40-42-35(44-33)31-20-13-19-30(38-31)29-18-9-11-22-37-29;/h6-23H,3,5H2,1-2,4H3;1H4/b16-12-,24-15+,25-6+,26-23+,27-14+;. The minimum absolute atomic E-state index is 0. The Bertz CT molecular complexity index is 1880. The summed E-state index contributed by atoms with van der Waals surface area (Å²) in [5.74, 6) is 1.32. The molecule has 0 atom stereocenters. The van der Waals surface area contributed by atoms with Crippen LogP contribution in [0.15, 0.2) is 125 Å². The third kappa shape index (κ3) is 7.97. The van der Waals surface area contributed by atoms with Crippen LogP contribution in [0.5, 0.6) is 0 Å². The van der Waals surface area contributed by atoms with E-state index in [2.05, 4.69) is 48.8 Å². The van der Waals surface area contributed by atoms with Crippen molar-refractivity contribution in [2.75, 3.05) is 0 Å². The van der Waals surface area contributed by atoms with Gasteiger partial charge in [-0.2, -0.15) is 0 Å². The van der Waals surface area contributed by atoms with Gasteiger partial charge in [-0.15, -0.1) is 20.4 Å². The molecule has 0 saturated carbocycles. The molecule has 5 heterocycles. The van der Waals surface area contributed by atoms with Gasteiger partial charge in [0.2, 0.25) is 17.7 Å². The molecule has 0 aromatic carbocycles. The number of rotatable bonds is 11. The van der Waals surface area contributed by atoms with E-state index in [0.717, 1.165) is 29.0 Å². The first-order valence-electron chi connectivity index (χ1n) is 14.1. The highest BCUT2D eigenvalue weighted by Gasteiger charge is 2.16. The van der Waals surface area contributed by atoms with Gasteiger partial charge < -0.3 is 8.83 Å². The lowest BCUT2D eigenvalue weighted by atomic mass is 10.1. The maximum Gasteiger partial charge on any atom is 0.266 e. The zero-order valence-electron chi connectivity index (χ0n) is 24.8. The van der Waals surface area contributed by atoms with Crippen LogP contribution in [0, 0.1) is 0 Å². The van der Waals surface area contributed by atoms with Gasteiger partial charge in [-0.25, -0.2) is 4.98 Å². The van der Waals surface area contributed by atoms with Gasteiger partial charge in [0.05, 0.1) is 17.1 Å². The van der Waals surface area contributed by atoms with Gasteiger partial charge in [0.15, 0.2) is 0 Å². The van der Waals surface area contributed by atoms with Crippen LogP contribution < -0.4 is 0 Å². The maximum atomic E-state index is 6.10. The van der Waals surface area contributed by atoms with Crippen molar-refractivity contribution in [3.05, 3.63) is 139 Å². The molecular weight excluding hydrogens is 562 g/mol. The van der Waals surface area contributed by atoms with Crippen LogP contribution >= 0.6 is 0 Å². The minimum Gasteiger partial charge on any atom is -0.416 e.